The summed E-state index contributed by atoms with van der Waals surface area (Å²) in [4.78, 5) is 0. The smallest absolute Gasteiger partial charge is 0.326 e. The lowest BCUT2D eigenvalue weighted by atomic mass is 10.1. The zero-order valence-corrected chi connectivity index (χ0v) is 8.31. The maximum Gasteiger partial charge on any atom is 0.413 e. The average molecular weight is 215 g/mol. The Morgan fingerprint density at radius 2 is 1.93 bits per heavy atom. The van der Waals surface area contributed by atoms with Gasteiger partial charge in [0.2, 0.25) is 0 Å². The SMILES string of the molecule is Cc1ccccc1/C=C(\CN)C(F)(F)F. The molecule has 0 unspecified atom stereocenters. The minimum Gasteiger partial charge on any atom is -0.326 e. The summed E-state index contributed by atoms with van der Waals surface area (Å²) >= 11 is 0. The molecule has 0 heterocycles. The molecule has 0 aliphatic carbocycles. The molecule has 1 rings (SSSR count). The normalized spacial score (nSPS) is 13.0. The largest absolute Gasteiger partial charge is 0.413 e. The summed E-state index contributed by atoms with van der Waals surface area (Å²) in [6, 6.07) is 6.87. The quantitative estimate of drug-likeness (QED) is 0.806. The van der Waals surface area contributed by atoms with Crippen LogP contribution in [0.25, 0.3) is 6.08 Å². The molecule has 82 valence electrons. The zero-order valence-electron chi connectivity index (χ0n) is 8.31. The molecule has 0 aliphatic heterocycles. The third kappa shape index (κ3) is 3.09. The summed E-state index contributed by atoms with van der Waals surface area (Å²) < 4.78 is 37.2. The molecule has 4 heteroatoms. The van der Waals surface area contributed by atoms with E-state index in [1.165, 1.54) is 0 Å². The molecule has 0 bridgehead atoms. The van der Waals surface area contributed by atoms with Crippen LogP contribution >= 0.6 is 0 Å². The van der Waals surface area contributed by atoms with Gasteiger partial charge in [-0.05, 0) is 24.1 Å². The topological polar surface area (TPSA) is 26.0 Å². The van der Waals surface area contributed by atoms with E-state index in [2.05, 4.69) is 0 Å². The Morgan fingerprint density at radius 3 is 2.40 bits per heavy atom. The fourth-order valence-electron chi connectivity index (χ4n) is 1.19. The minimum absolute atomic E-state index is 0.502. The van der Waals surface area contributed by atoms with E-state index in [4.69, 9.17) is 5.73 Å². The van der Waals surface area contributed by atoms with Gasteiger partial charge in [0.1, 0.15) is 0 Å². The van der Waals surface area contributed by atoms with E-state index in [-0.39, 0.29) is 0 Å². The fraction of sp³-hybridized carbons (Fsp3) is 0.273. The van der Waals surface area contributed by atoms with Crippen molar-refractivity contribution in [3.63, 3.8) is 0 Å². The van der Waals surface area contributed by atoms with Crippen LogP contribution in [0.3, 0.4) is 0 Å². The van der Waals surface area contributed by atoms with Crippen LogP contribution < -0.4 is 5.73 Å². The van der Waals surface area contributed by atoms with Crippen molar-refractivity contribution >= 4 is 6.08 Å². The van der Waals surface area contributed by atoms with Gasteiger partial charge in [-0.2, -0.15) is 13.2 Å². The molecule has 0 fully saturated rings. The maximum absolute atomic E-state index is 12.4. The molecule has 0 amide bonds. The second-order valence-corrected chi connectivity index (χ2v) is 3.23. The van der Waals surface area contributed by atoms with Crippen molar-refractivity contribution in [1.82, 2.24) is 0 Å². The predicted molar refractivity (Wildman–Crippen MR) is 54.3 cm³/mol. The van der Waals surface area contributed by atoms with Gasteiger partial charge < -0.3 is 5.73 Å². The Balaban J connectivity index is 3.10. The molecule has 1 aromatic rings. The number of aryl methyl sites for hydroxylation is 1. The van der Waals surface area contributed by atoms with E-state index in [9.17, 15) is 13.2 Å². The van der Waals surface area contributed by atoms with Crippen molar-refractivity contribution in [2.45, 2.75) is 13.1 Å². The molecule has 0 radical (unpaired) electrons. The first-order valence-electron chi connectivity index (χ1n) is 4.48. The Kier molecular flexibility index (Phi) is 3.52. The molecule has 0 aromatic heterocycles. The summed E-state index contributed by atoms with van der Waals surface area (Å²) in [5, 5.41) is 0. The first kappa shape index (κ1) is 11.8. The third-order valence-electron chi connectivity index (χ3n) is 2.10. The molecule has 15 heavy (non-hydrogen) atoms. The van der Waals surface area contributed by atoms with Crippen LogP contribution in [0, 0.1) is 6.92 Å². The lowest BCUT2D eigenvalue weighted by Crippen LogP contribution is -2.19. The fourth-order valence-corrected chi connectivity index (χ4v) is 1.19. The first-order chi connectivity index (χ1) is 6.95. The molecule has 0 atom stereocenters. The molecule has 0 saturated carbocycles. The summed E-state index contributed by atoms with van der Waals surface area (Å²) in [6.45, 7) is 1.26. The highest BCUT2D eigenvalue weighted by molar-refractivity contribution is 5.57. The number of rotatable bonds is 2. The number of benzene rings is 1. The monoisotopic (exact) mass is 215 g/mol. The highest BCUT2D eigenvalue weighted by Crippen LogP contribution is 2.27. The van der Waals surface area contributed by atoms with E-state index in [0.29, 0.717) is 5.56 Å². The van der Waals surface area contributed by atoms with Gasteiger partial charge in [-0.25, -0.2) is 0 Å². The maximum atomic E-state index is 12.4. The minimum atomic E-state index is -4.35. The molecular formula is C11H12F3N. The number of halogens is 3. The van der Waals surface area contributed by atoms with Crippen molar-refractivity contribution in [3.8, 4) is 0 Å². The van der Waals surface area contributed by atoms with E-state index in [0.717, 1.165) is 11.6 Å². The standard InChI is InChI=1S/C11H12F3N/c1-8-4-2-3-5-9(8)6-10(7-15)11(12,13)14/h2-6H,7,15H2,1H3/b10-6+. The molecule has 2 N–H and O–H groups in total. The van der Waals surface area contributed by atoms with E-state index in [1.807, 2.05) is 0 Å². The van der Waals surface area contributed by atoms with Crippen LogP contribution in [0.4, 0.5) is 13.2 Å². The van der Waals surface area contributed by atoms with E-state index in [1.54, 1.807) is 31.2 Å². The van der Waals surface area contributed by atoms with E-state index < -0.39 is 18.3 Å². The predicted octanol–water partition coefficient (Wildman–Crippen LogP) is 2.90. The van der Waals surface area contributed by atoms with Gasteiger partial charge in [0.25, 0.3) is 0 Å². The van der Waals surface area contributed by atoms with Crippen LogP contribution in [0.15, 0.2) is 29.8 Å². The highest BCUT2D eigenvalue weighted by atomic mass is 19.4. The summed E-state index contributed by atoms with van der Waals surface area (Å²) in [5.41, 5.74) is 5.71. The molecule has 0 spiro atoms. The zero-order chi connectivity index (χ0) is 11.5. The first-order valence-corrected chi connectivity index (χ1v) is 4.48. The average Bonchev–Trinajstić information content (AvgIpc) is 2.14. The van der Waals surface area contributed by atoms with Crippen LogP contribution in [-0.2, 0) is 0 Å². The van der Waals surface area contributed by atoms with Gasteiger partial charge in [-0.1, -0.05) is 24.3 Å². The van der Waals surface area contributed by atoms with Crippen LogP contribution in [0.2, 0.25) is 0 Å². The van der Waals surface area contributed by atoms with Gasteiger partial charge in [0.05, 0.1) is 0 Å². The van der Waals surface area contributed by atoms with Gasteiger partial charge in [-0.15, -0.1) is 0 Å². The van der Waals surface area contributed by atoms with Crippen molar-refractivity contribution < 1.29 is 13.2 Å². The second kappa shape index (κ2) is 4.49. The van der Waals surface area contributed by atoms with Crippen LogP contribution in [-0.4, -0.2) is 12.7 Å². The molecule has 0 saturated heterocycles. The van der Waals surface area contributed by atoms with Crippen molar-refractivity contribution in [1.29, 1.82) is 0 Å². The summed E-state index contributed by atoms with van der Waals surface area (Å²) in [5.74, 6) is 0. The Hall–Kier alpha value is -1.29. The molecule has 1 aromatic carbocycles. The molecule has 1 nitrogen and oxygen atoms in total. The lowest BCUT2D eigenvalue weighted by Gasteiger charge is -2.10. The Bertz CT molecular complexity index is 366. The Morgan fingerprint density at radius 1 is 1.33 bits per heavy atom. The third-order valence-corrected chi connectivity index (χ3v) is 2.10. The second-order valence-electron chi connectivity index (χ2n) is 3.23. The molecular weight excluding hydrogens is 203 g/mol. The van der Waals surface area contributed by atoms with Crippen LogP contribution in [0.1, 0.15) is 11.1 Å². The number of hydrogen-bond donors (Lipinski definition) is 1. The lowest BCUT2D eigenvalue weighted by molar-refractivity contribution is -0.0912. The van der Waals surface area contributed by atoms with E-state index >= 15 is 0 Å². The molecule has 0 aliphatic rings. The van der Waals surface area contributed by atoms with Gasteiger partial charge >= 0.3 is 6.18 Å². The van der Waals surface area contributed by atoms with Gasteiger partial charge in [0, 0.05) is 12.1 Å². The van der Waals surface area contributed by atoms with Crippen molar-refractivity contribution in [2.24, 2.45) is 5.73 Å². The summed E-state index contributed by atoms with van der Waals surface area (Å²) in [7, 11) is 0. The summed E-state index contributed by atoms with van der Waals surface area (Å²) in [6.07, 6.45) is -3.26. The highest BCUT2D eigenvalue weighted by Gasteiger charge is 2.32. The number of hydrogen-bond acceptors (Lipinski definition) is 1. The van der Waals surface area contributed by atoms with Crippen molar-refractivity contribution in [2.75, 3.05) is 6.54 Å². The van der Waals surface area contributed by atoms with Gasteiger partial charge in [0.15, 0.2) is 0 Å². The van der Waals surface area contributed by atoms with Gasteiger partial charge in [-0.3, -0.25) is 0 Å². The van der Waals surface area contributed by atoms with Crippen LogP contribution in [0.5, 0.6) is 0 Å². The van der Waals surface area contributed by atoms with Crippen molar-refractivity contribution in [3.05, 3.63) is 41.0 Å². The Labute approximate surface area is 86.4 Å². The number of nitrogens with two attached hydrogens (primary N) is 1. The number of alkyl halides is 3.